The van der Waals surface area contributed by atoms with Crippen molar-refractivity contribution in [3.63, 3.8) is 0 Å². The van der Waals surface area contributed by atoms with Crippen molar-refractivity contribution >= 4 is 74.2 Å². The Hall–Kier alpha value is -13.0. The van der Waals surface area contributed by atoms with E-state index in [0.717, 1.165) is 22.3 Å². The molecule has 20 nitrogen and oxygen atoms in total. The lowest BCUT2D eigenvalue weighted by atomic mass is 9.72. The third kappa shape index (κ3) is 20.2. The highest BCUT2D eigenvalue weighted by Crippen LogP contribution is 2.58. The van der Waals surface area contributed by atoms with Gasteiger partial charge in [0.05, 0.1) is 0 Å². The lowest BCUT2D eigenvalue weighted by Crippen LogP contribution is -2.46. The Bertz CT molecular complexity index is 5340. The van der Waals surface area contributed by atoms with Crippen LogP contribution in [0, 0.1) is 23.7 Å². The van der Waals surface area contributed by atoms with Gasteiger partial charge in [0, 0.05) is 138 Å². The third-order valence-electron chi connectivity index (χ3n) is 25.9. The number of rotatable bonds is 20. The van der Waals surface area contributed by atoms with Crippen LogP contribution in [-0.2, 0) is 89.7 Å². The number of fused-ring (bicyclic) bond motifs is 16. The molecule has 12 aromatic rings. The molecule has 0 saturated carbocycles. The van der Waals surface area contributed by atoms with Crippen LogP contribution in [0.4, 0.5) is 0 Å². The topological polar surface area (TPSA) is 271 Å². The maximum Gasteiger partial charge on any atom is 0.634 e. The Morgan fingerprint density at radius 1 is 0.258 bits per heavy atom. The molecule has 0 spiro atoms. The Kier molecular flexibility index (Phi) is 28.1. The Morgan fingerprint density at radius 2 is 0.432 bits per heavy atom. The fourth-order valence-electron chi connectivity index (χ4n) is 19.4. The Balaban J connectivity index is 1.04. The zero-order chi connectivity index (χ0) is 91.8. The minimum absolute atomic E-state index is 0.148. The number of carbonyl (C=O) groups is 4. The van der Waals surface area contributed by atoms with Crippen LogP contribution in [0.5, 0.6) is 46.0 Å². The highest BCUT2D eigenvalue weighted by atomic mass is 16.6. The predicted molar refractivity (Wildman–Crippen MR) is 515 cm³/mol. The van der Waals surface area contributed by atoms with Crippen LogP contribution < -0.4 is 61.7 Å². The first-order valence-corrected chi connectivity index (χ1v) is 46.4. The number of nitrogens with one attached hydrogen (secondary N) is 4. The van der Waals surface area contributed by atoms with Crippen molar-refractivity contribution in [3.8, 4) is 46.0 Å². The van der Waals surface area contributed by atoms with E-state index < -0.39 is 100 Å². The lowest BCUT2D eigenvalue weighted by Gasteiger charge is -2.35. The Labute approximate surface area is 774 Å². The first-order valence-electron chi connectivity index (χ1n) is 46.4. The van der Waals surface area contributed by atoms with E-state index in [-0.39, 0.29) is 169 Å². The van der Waals surface area contributed by atoms with E-state index in [0.29, 0.717) is 66.4 Å². The summed E-state index contributed by atoms with van der Waals surface area (Å²) in [5.74, 6) is -7.52. The highest BCUT2D eigenvalue weighted by Gasteiger charge is 2.47. The molecule has 0 radical (unpaired) electrons. The first-order chi connectivity index (χ1) is 64.0. The van der Waals surface area contributed by atoms with E-state index in [1.807, 2.05) is 267 Å². The number of benzene rings is 12. The highest BCUT2D eigenvalue weighted by molar-refractivity contribution is 6.65. The van der Waals surface area contributed by atoms with Gasteiger partial charge >= 0.3 is 52.4 Å². The molecule has 12 aromatic carbocycles. The summed E-state index contributed by atoms with van der Waals surface area (Å²) in [6.45, 7) is 16.0. The van der Waals surface area contributed by atoms with Crippen molar-refractivity contribution in [2.75, 3.05) is 0 Å². The molecule has 8 bridgehead atoms. The van der Waals surface area contributed by atoms with Gasteiger partial charge in [-0.2, -0.15) is 0 Å². The summed E-state index contributed by atoms with van der Waals surface area (Å²) in [5.41, 5.74) is 9.59. The fourth-order valence-corrected chi connectivity index (χ4v) is 19.4. The van der Waals surface area contributed by atoms with Gasteiger partial charge in [0.2, 0.25) is 0 Å². The average Bonchev–Trinajstić information content (AvgIpc) is 0.958. The molecule has 24 heteroatoms. The second kappa shape index (κ2) is 40.8. The Morgan fingerprint density at radius 3 is 0.606 bits per heavy atom. The van der Waals surface area contributed by atoms with E-state index >= 15 is 19.2 Å². The molecular formula is C108H112B4N4O16. The van der Waals surface area contributed by atoms with Gasteiger partial charge in [-0.15, -0.1) is 0 Å². The summed E-state index contributed by atoms with van der Waals surface area (Å²) >= 11 is 0. The maximum atomic E-state index is 15.6. The second-order valence-corrected chi connectivity index (χ2v) is 37.3. The summed E-state index contributed by atoms with van der Waals surface area (Å²) < 4.78 is 57.7. The zero-order valence-corrected chi connectivity index (χ0v) is 75.8. The van der Waals surface area contributed by atoms with Crippen LogP contribution in [-0.4, -0.2) is 96.9 Å². The minimum atomic E-state index is -1.46. The largest absolute Gasteiger partial charge is 0.634 e. The van der Waals surface area contributed by atoms with Crippen LogP contribution in [0.15, 0.2) is 267 Å². The van der Waals surface area contributed by atoms with Crippen molar-refractivity contribution in [1.29, 1.82) is 0 Å². The smallest absolute Gasteiger partial charge is 0.521 e. The fraction of sp³-hybridized carbons (Fsp3) is 0.296. The van der Waals surface area contributed by atoms with Crippen LogP contribution in [0.2, 0.25) is 0 Å². The van der Waals surface area contributed by atoms with Gasteiger partial charge in [-0.05, 0) is 122 Å². The molecule has 8 atom stereocenters. The van der Waals surface area contributed by atoms with Crippen molar-refractivity contribution < 1.29 is 76.8 Å². The summed E-state index contributed by atoms with van der Waals surface area (Å²) in [6, 6.07) is 79.1. The first kappa shape index (κ1) is 90.9. The lowest BCUT2D eigenvalue weighted by molar-refractivity contribution is -0.138. The van der Waals surface area contributed by atoms with Crippen LogP contribution in [0.25, 0.3) is 0 Å². The molecule has 672 valence electrons. The number of phenolic OH excluding ortho intramolecular Hbond substituents is 4. The summed E-state index contributed by atoms with van der Waals surface area (Å²) in [7, 11) is -5.84. The molecule has 132 heavy (non-hydrogen) atoms. The van der Waals surface area contributed by atoms with Crippen molar-refractivity contribution in [3.05, 3.63) is 356 Å². The second-order valence-electron chi connectivity index (χ2n) is 37.3. The summed E-state index contributed by atoms with van der Waals surface area (Å²) in [4.78, 5) is 62.3. The number of hydrogen-bond donors (Lipinski definition) is 8. The van der Waals surface area contributed by atoms with Crippen molar-refractivity contribution in [2.45, 2.75) is 181 Å². The van der Waals surface area contributed by atoms with Gasteiger partial charge in [-0.1, -0.05) is 298 Å². The molecule has 0 aromatic heterocycles. The van der Waals surface area contributed by atoms with Gasteiger partial charge in [-0.25, -0.2) is 0 Å². The normalized spacial score (nSPS) is 19.5. The molecule has 8 N–H and O–H groups in total. The summed E-state index contributed by atoms with van der Waals surface area (Å²) in [5, 5.41) is 73.6. The van der Waals surface area contributed by atoms with E-state index in [1.54, 1.807) is 0 Å². The molecule has 4 aliphatic heterocycles. The number of phenols is 4. The van der Waals surface area contributed by atoms with Crippen molar-refractivity contribution in [2.24, 2.45) is 23.7 Å². The molecule has 8 unspecified atom stereocenters. The van der Waals surface area contributed by atoms with Crippen LogP contribution in [0.3, 0.4) is 0 Å². The molecule has 0 saturated heterocycles. The minimum Gasteiger partial charge on any atom is -0.521 e. The number of hydrogen-bond acceptors (Lipinski definition) is 20. The molecule has 0 fully saturated rings. The van der Waals surface area contributed by atoms with Gasteiger partial charge in [0.15, 0.2) is 0 Å². The third-order valence-corrected chi connectivity index (χ3v) is 25.9. The SMILES string of the molecule is CC(C)CC1c2cc(c3c(c2O)CNC(Cc2ccccc2)C(=O)OB(c2ccccc2)O3)C(CC(C)C)c2cc(c3c(c2O)CNC(Cc2ccccc2)C(=O)OB(c2ccccc2)O3)C(CC(C)C)c2cc(c3c(c2O)CNC(Cc2ccccc2)C(=O)OB(c2ccccc2)O3)C(CC(C)C)c2cc1c1c(c2O)CNC(Cc2ccccc2)C(=O)OB(c2ccccc2)O1. The van der Waals surface area contributed by atoms with Gasteiger partial charge in [0.25, 0.3) is 0 Å². The molecule has 4 heterocycles. The number of carbonyl (C=O) groups excluding carboxylic acids is 4. The monoisotopic (exact) mass is 1760 g/mol. The molecule has 17 rings (SSSR count). The maximum absolute atomic E-state index is 15.6. The average molecular weight is 1770 g/mol. The van der Waals surface area contributed by atoms with Gasteiger partial charge in [-0.3, -0.25) is 40.4 Å². The summed E-state index contributed by atoms with van der Waals surface area (Å²) in [6.07, 6.45) is 1.73. The number of aromatic hydroxyl groups is 4. The molecule has 1 aliphatic carbocycles. The van der Waals surface area contributed by atoms with E-state index in [4.69, 9.17) is 37.2 Å². The van der Waals surface area contributed by atoms with E-state index in [9.17, 15) is 20.4 Å². The van der Waals surface area contributed by atoms with Gasteiger partial charge in [0.1, 0.15) is 70.2 Å². The standard InChI is InChI=1S/C108H112B4N4O16/c1-65(2)49-77-81-57-86(102-89(97(81)117)61-113-93(53-69-33-17-9-18-34-69)106(122)130-110(126-102)74-43-27-14-28-44-74)79(51-67(5)6)83-59-88(104-91(99(83)119)63-115-95(55-71-37-21-11-22-38-71)108(124)132-112(128-104)76-47-31-16-32-48-76)80(52-68(7)8)84-60-87(103-92(100(84)120)64-116-96(56-72-39-23-12-24-40-72)107(123)131-111(127-103)75-45-29-15-30-46-75)78(50-66(3)4)82-58-85(77)101-90(98(82)118)62-114-94(54-70-35-19-10-20-36-70)105(121)129-109(125-101)73-41-25-13-26-42-73/h9-48,57-60,65-68,77-80,93-96,113-120H,49-56,61-64H2,1-8H3. The zero-order valence-electron chi connectivity index (χ0n) is 75.8. The quantitative estimate of drug-likeness (QED) is 0.0329. The molecule has 5 aliphatic rings. The van der Waals surface area contributed by atoms with Gasteiger partial charge < -0.3 is 57.7 Å². The van der Waals surface area contributed by atoms with E-state index in [2.05, 4.69) is 76.7 Å². The molecular weight excluding hydrogens is 1650 g/mol. The van der Waals surface area contributed by atoms with Crippen molar-refractivity contribution in [1.82, 2.24) is 21.3 Å². The molecule has 0 amide bonds. The van der Waals surface area contributed by atoms with Crippen LogP contribution in [0.1, 0.15) is 194 Å². The predicted octanol–water partition coefficient (Wildman–Crippen LogP) is 15.7. The van der Waals surface area contributed by atoms with E-state index in [1.165, 1.54) is 0 Å². The van der Waals surface area contributed by atoms with Crippen LogP contribution >= 0.6 is 0 Å².